The summed E-state index contributed by atoms with van der Waals surface area (Å²) in [4.78, 5) is 22.9. The van der Waals surface area contributed by atoms with Crippen molar-refractivity contribution in [3.63, 3.8) is 0 Å². The first-order valence-corrected chi connectivity index (χ1v) is 11.0. The van der Waals surface area contributed by atoms with Crippen LogP contribution in [-0.2, 0) is 14.3 Å². The Morgan fingerprint density at radius 1 is 1.35 bits per heavy atom. The molecule has 0 amide bonds. The third kappa shape index (κ3) is 6.12. The summed E-state index contributed by atoms with van der Waals surface area (Å²) in [7, 11) is 1.41. The first kappa shape index (κ1) is 21.5. The summed E-state index contributed by atoms with van der Waals surface area (Å²) < 4.78 is 4.63. The summed E-state index contributed by atoms with van der Waals surface area (Å²) >= 11 is 1.67. The number of methoxy groups -OCH3 is 1. The van der Waals surface area contributed by atoms with Crippen LogP contribution in [-0.4, -0.2) is 34.2 Å². The Morgan fingerprint density at radius 2 is 2.15 bits per heavy atom. The molecule has 2 rings (SSSR count). The lowest BCUT2D eigenvalue weighted by molar-refractivity contribution is -0.140. The number of allylic oxidation sites excluding steroid dienone is 2. The molecule has 0 aromatic carbocycles. The van der Waals surface area contributed by atoms with Crippen LogP contribution in [0, 0.1) is 11.8 Å². The number of fused-ring (bicyclic) bond motifs is 1. The molecule has 0 bridgehead atoms. The van der Waals surface area contributed by atoms with Crippen LogP contribution in [0.4, 0.5) is 0 Å². The van der Waals surface area contributed by atoms with Crippen LogP contribution in [0.25, 0.3) is 0 Å². The van der Waals surface area contributed by atoms with E-state index in [9.17, 15) is 14.7 Å². The van der Waals surface area contributed by atoms with E-state index in [2.05, 4.69) is 23.8 Å². The molecule has 4 atom stereocenters. The summed E-state index contributed by atoms with van der Waals surface area (Å²) in [5.41, 5.74) is 0. The molecule has 148 valence electrons. The molecular formula is C21H34O4S. The number of hydrogen-bond donors (Lipinski definition) is 1. The van der Waals surface area contributed by atoms with E-state index in [-0.39, 0.29) is 11.9 Å². The number of ketones is 1. The smallest absolute Gasteiger partial charge is 0.305 e. The summed E-state index contributed by atoms with van der Waals surface area (Å²) in [6.45, 7) is 2.18. The van der Waals surface area contributed by atoms with Gasteiger partial charge in [-0.3, -0.25) is 9.59 Å². The van der Waals surface area contributed by atoms with E-state index in [0.717, 1.165) is 44.9 Å². The fourth-order valence-corrected chi connectivity index (χ4v) is 6.03. The van der Waals surface area contributed by atoms with Gasteiger partial charge in [-0.2, -0.15) is 0 Å². The zero-order chi connectivity index (χ0) is 19.0. The van der Waals surface area contributed by atoms with Crippen molar-refractivity contribution in [3.8, 4) is 0 Å². The molecule has 0 aromatic heterocycles. The van der Waals surface area contributed by atoms with Gasteiger partial charge in [-0.25, -0.2) is 0 Å². The summed E-state index contributed by atoms with van der Waals surface area (Å²) in [5, 5.41) is 11.1. The van der Waals surface area contributed by atoms with Crippen molar-refractivity contribution in [1.29, 1.82) is 0 Å². The highest BCUT2D eigenvalue weighted by atomic mass is 32.2. The van der Waals surface area contributed by atoms with Crippen molar-refractivity contribution < 1.29 is 19.4 Å². The van der Waals surface area contributed by atoms with E-state index in [0.29, 0.717) is 29.8 Å². The second-order valence-corrected chi connectivity index (χ2v) is 9.32. The van der Waals surface area contributed by atoms with Crippen LogP contribution in [0.5, 0.6) is 0 Å². The number of thioether (sulfide) groups is 1. The standard InChI is InChI=1S/C21H34O4S/c1-3-4-9-13-21(24)14-12-17-16(18(22)15-19(17)26-21)10-7-5-6-8-11-20(23)25-2/h5,7,16-17,19,24H,3-4,6,8-15H2,1-2H3/b7-5-/t16-,17-,19-,21?/m1/s1. The molecule has 1 aliphatic carbocycles. The fraction of sp³-hybridized carbons (Fsp3) is 0.810. The number of ether oxygens (including phenoxy) is 1. The lowest BCUT2D eigenvalue weighted by atomic mass is 9.86. The second kappa shape index (κ2) is 10.5. The fourth-order valence-electron chi connectivity index (χ4n) is 4.22. The minimum Gasteiger partial charge on any atom is -0.469 e. The molecule has 1 aliphatic heterocycles. The first-order chi connectivity index (χ1) is 12.5. The monoisotopic (exact) mass is 382 g/mol. The summed E-state index contributed by atoms with van der Waals surface area (Å²) in [5.74, 6) is 0.727. The number of Topliss-reactive ketones (excluding diaryl/α,β-unsaturated/α-hetero) is 1. The molecule has 4 nitrogen and oxygen atoms in total. The minimum atomic E-state index is -0.616. The maximum atomic E-state index is 12.5. The molecule has 0 radical (unpaired) electrons. The molecule has 0 spiro atoms. The predicted octanol–water partition coefficient (Wildman–Crippen LogP) is 4.65. The number of rotatable bonds is 10. The maximum Gasteiger partial charge on any atom is 0.305 e. The maximum absolute atomic E-state index is 12.5. The van der Waals surface area contributed by atoms with Crippen LogP contribution in [0.1, 0.15) is 77.6 Å². The number of unbranched alkanes of at least 4 members (excludes halogenated alkanes) is 3. The lowest BCUT2D eigenvalue weighted by Gasteiger charge is -2.39. The normalized spacial score (nSPS) is 31.3. The number of hydrogen-bond acceptors (Lipinski definition) is 5. The quantitative estimate of drug-likeness (QED) is 0.339. The molecule has 0 aromatic rings. The van der Waals surface area contributed by atoms with Crippen molar-refractivity contribution in [2.75, 3.05) is 7.11 Å². The van der Waals surface area contributed by atoms with Gasteiger partial charge in [0, 0.05) is 24.0 Å². The Hall–Kier alpha value is -0.810. The van der Waals surface area contributed by atoms with E-state index < -0.39 is 4.93 Å². The summed E-state index contributed by atoms with van der Waals surface area (Å²) in [6.07, 6.45) is 13.7. The van der Waals surface area contributed by atoms with E-state index in [1.54, 1.807) is 11.8 Å². The Labute approximate surface area is 162 Å². The van der Waals surface area contributed by atoms with Gasteiger partial charge in [0.25, 0.3) is 0 Å². The van der Waals surface area contributed by atoms with Crippen LogP contribution in [0.2, 0.25) is 0 Å². The first-order valence-electron chi connectivity index (χ1n) is 10.1. The molecular weight excluding hydrogens is 348 g/mol. The zero-order valence-corrected chi connectivity index (χ0v) is 17.1. The Bertz CT molecular complexity index is 504. The number of carbonyl (C=O) groups excluding carboxylic acids is 2. The topological polar surface area (TPSA) is 63.6 Å². The molecule has 2 aliphatic rings. The molecule has 1 saturated carbocycles. The second-order valence-electron chi connectivity index (χ2n) is 7.71. The van der Waals surface area contributed by atoms with Gasteiger partial charge in [-0.1, -0.05) is 31.9 Å². The molecule has 2 fully saturated rings. The number of aliphatic hydroxyl groups is 1. The van der Waals surface area contributed by atoms with Gasteiger partial charge < -0.3 is 9.84 Å². The van der Waals surface area contributed by atoms with Crippen LogP contribution < -0.4 is 0 Å². The number of esters is 1. The van der Waals surface area contributed by atoms with Gasteiger partial charge in [-0.05, 0) is 50.9 Å². The Balaban J connectivity index is 1.77. The van der Waals surface area contributed by atoms with E-state index in [1.807, 2.05) is 0 Å². The van der Waals surface area contributed by atoms with Crippen LogP contribution in [0.15, 0.2) is 12.2 Å². The molecule has 1 N–H and O–H groups in total. The number of carbonyl (C=O) groups is 2. The van der Waals surface area contributed by atoms with Crippen molar-refractivity contribution >= 4 is 23.5 Å². The molecule has 1 heterocycles. The van der Waals surface area contributed by atoms with Crippen molar-refractivity contribution in [1.82, 2.24) is 0 Å². The lowest BCUT2D eigenvalue weighted by Crippen LogP contribution is -2.36. The molecule has 26 heavy (non-hydrogen) atoms. The van der Waals surface area contributed by atoms with Crippen molar-refractivity contribution in [3.05, 3.63) is 12.2 Å². The largest absolute Gasteiger partial charge is 0.469 e. The highest BCUT2D eigenvalue weighted by Gasteiger charge is 2.49. The highest BCUT2D eigenvalue weighted by molar-refractivity contribution is 8.01. The molecule has 5 heteroatoms. The van der Waals surface area contributed by atoms with Crippen molar-refractivity contribution in [2.24, 2.45) is 11.8 Å². The van der Waals surface area contributed by atoms with Gasteiger partial charge >= 0.3 is 5.97 Å². The Morgan fingerprint density at radius 3 is 2.88 bits per heavy atom. The predicted molar refractivity (Wildman–Crippen MR) is 106 cm³/mol. The molecule has 1 saturated heterocycles. The Kier molecular flexibility index (Phi) is 8.68. The average Bonchev–Trinajstić information content (AvgIpc) is 2.91. The van der Waals surface area contributed by atoms with Crippen molar-refractivity contribution in [2.45, 2.75) is 87.7 Å². The average molecular weight is 383 g/mol. The highest BCUT2D eigenvalue weighted by Crippen LogP contribution is 2.52. The van der Waals surface area contributed by atoms with E-state index in [1.165, 1.54) is 20.0 Å². The van der Waals surface area contributed by atoms with E-state index >= 15 is 0 Å². The van der Waals surface area contributed by atoms with Gasteiger partial charge in [0.05, 0.1) is 7.11 Å². The van der Waals surface area contributed by atoms with E-state index in [4.69, 9.17) is 0 Å². The van der Waals surface area contributed by atoms with Crippen LogP contribution in [0.3, 0.4) is 0 Å². The third-order valence-electron chi connectivity index (χ3n) is 5.76. The third-order valence-corrected chi connectivity index (χ3v) is 7.42. The zero-order valence-electron chi connectivity index (χ0n) is 16.2. The van der Waals surface area contributed by atoms with Gasteiger partial charge in [0.1, 0.15) is 10.7 Å². The molecule has 1 unspecified atom stereocenters. The van der Waals surface area contributed by atoms with Gasteiger partial charge in [0.2, 0.25) is 0 Å². The van der Waals surface area contributed by atoms with Gasteiger partial charge in [0.15, 0.2) is 0 Å². The van der Waals surface area contributed by atoms with Gasteiger partial charge in [-0.15, -0.1) is 11.8 Å². The van der Waals surface area contributed by atoms with Crippen LogP contribution >= 0.6 is 11.8 Å². The summed E-state index contributed by atoms with van der Waals surface area (Å²) in [6, 6.07) is 0. The SMILES string of the molecule is CCCCCC1(O)CC[C@H]2[C@@H](CC(=O)[C@@H]2C/C=C\CCCC(=O)OC)S1. The minimum absolute atomic E-state index is 0.115.